The van der Waals surface area contributed by atoms with Crippen molar-refractivity contribution in [1.29, 1.82) is 0 Å². The van der Waals surface area contributed by atoms with E-state index in [1.54, 1.807) is 4.90 Å². The lowest BCUT2D eigenvalue weighted by Crippen LogP contribution is -2.45. The van der Waals surface area contributed by atoms with Gasteiger partial charge in [0, 0.05) is 18.6 Å². The third-order valence-electron chi connectivity index (χ3n) is 4.00. The molecule has 0 spiro atoms. The third-order valence-corrected chi connectivity index (χ3v) is 4.25. The summed E-state index contributed by atoms with van der Waals surface area (Å²) < 4.78 is 0. The quantitative estimate of drug-likeness (QED) is 0.901. The Labute approximate surface area is 120 Å². The smallest absolute Gasteiger partial charge is 0.230 e. The van der Waals surface area contributed by atoms with Crippen LogP contribution in [-0.4, -0.2) is 24.4 Å². The molecule has 1 amide bonds. The number of carbonyl (C=O) groups is 1. The lowest BCUT2D eigenvalue weighted by molar-refractivity contribution is -0.141. The van der Waals surface area contributed by atoms with Crippen LogP contribution in [0.1, 0.15) is 38.8 Å². The van der Waals surface area contributed by atoms with Gasteiger partial charge in [0.25, 0.3) is 0 Å². The van der Waals surface area contributed by atoms with Crippen LogP contribution < -0.4 is 5.73 Å². The Morgan fingerprint density at radius 2 is 1.95 bits per heavy atom. The molecule has 0 fully saturated rings. The van der Waals surface area contributed by atoms with E-state index >= 15 is 0 Å². The van der Waals surface area contributed by atoms with Crippen molar-refractivity contribution in [3.05, 3.63) is 34.9 Å². The van der Waals surface area contributed by atoms with Crippen molar-refractivity contribution in [3.8, 4) is 0 Å². The molecule has 0 radical (unpaired) electrons. The summed E-state index contributed by atoms with van der Waals surface area (Å²) >= 11 is 5.88. The van der Waals surface area contributed by atoms with E-state index < -0.39 is 5.41 Å². The van der Waals surface area contributed by atoms with Crippen LogP contribution in [0.5, 0.6) is 0 Å². The van der Waals surface area contributed by atoms with Crippen LogP contribution in [0.2, 0.25) is 5.02 Å². The maximum atomic E-state index is 12.5. The van der Waals surface area contributed by atoms with Gasteiger partial charge in [0.15, 0.2) is 0 Å². The Morgan fingerprint density at radius 1 is 1.42 bits per heavy atom. The summed E-state index contributed by atoms with van der Waals surface area (Å²) in [6, 6.07) is 7.58. The Kier molecular flexibility index (Phi) is 5.39. The van der Waals surface area contributed by atoms with Gasteiger partial charge in [-0.25, -0.2) is 0 Å². The highest BCUT2D eigenvalue weighted by Gasteiger charge is 2.34. The molecule has 3 nitrogen and oxygen atoms in total. The third kappa shape index (κ3) is 3.48. The highest BCUT2D eigenvalue weighted by molar-refractivity contribution is 6.30. The fraction of sp³-hybridized carbons (Fsp3) is 0.533. The van der Waals surface area contributed by atoms with Gasteiger partial charge in [-0.05, 0) is 38.0 Å². The van der Waals surface area contributed by atoms with Gasteiger partial charge in [0.05, 0.1) is 11.5 Å². The second kappa shape index (κ2) is 6.40. The number of hydrogen-bond donors (Lipinski definition) is 1. The number of nitrogens with two attached hydrogens (primary N) is 1. The molecular formula is C15H23ClN2O. The van der Waals surface area contributed by atoms with Crippen LogP contribution in [0, 0.1) is 5.41 Å². The van der Waals surface area contributed by atoms with E-state index in [4.69, 9.17) is 17.3 Å². The van der Waals surface area contributed by atoms with Crippen molar-refractivity contribution in [2.45, 2.75) is 33.2 Å². The first-order chi connectivity index (χ1) is 8.85. The average molecular weight is 283 g/mol. The highest BCUT2D eigenvalue weighted by Crippen LogP contribution is 2.28. The molecule has 2 atom stereocenters. The molecule has 0 aromatic heterocycles. The molecule has 1 aromatic rings. The maximum Gasteiger partial charge on any atom is 0.230 e. The molecule has 2 N–H and O–H groups in total. The second-order valence-corrected chi connectivity index (χ2v) is 5.70. The topological polar surface area (TPSA) is 46.3 Å². The highest BCUT2D eigenvalue weighted by atomic mass is 35.5. The summed E-state index contributed by atoms with van der Waals surface area (Å²) in [6.07, 6.45) is 0.736. The van der Waals surface area contributed by atoms with E-state index in [1.165, 1.54) is 0 Å². The predicted molar refractivity (Wildman–Crippen MR) is 80.1 cm³/mol. The molecular weight excluding hydrogens is 260 g/mol. The predicted octanol–water partition coefficient (Wildman–Crippen LogP) is 3.23. The number of benzene rings is 1. The molecule has 0 aliphatic carbocycles. The van der Waals surface area contributed by atoms with Crippen LogP contribution in [0.25, 0.3) is 0 Å². The lowest BCUT2D eigenvalue weighted by Gasteiger charge is -2.34. The number of halogens is 1. The van der Waals surface area contributed by atoms with Crippen molar-refractivity contribution in [2.75, 3.05) is 13.6 Å². The molecule has 19 heavy (non-hydrogen) atoms. The monoisotopic (exact) mass is 282 g/mol. The minimum atomic E-state index is -0.491. The average Bonchev–Trinajstić information content (AvgIpc) is 2.44. The first-order valence-corrected chi connectivity index (χ1v) is 6.96. The first-order valence-electron chi connectivity index (χ1n) is 6.58. The molecule has 0 aliphatic heterocycles. The van der Waals surface area contributed by atoms with Gasteiger partial charge >= 0.3 is 0 Å². The minimum absolute atomic E-state index is 0.00203. The van der Waals surface area contributed by atoms with Gasteiger partial charge in [0.2, 0.25) is 5.91 Å². The van der Waals surface area contributed by atoms with E-state index in [2.05, 4.69) is 0 Å². The van der Waals surface area contributed by atoms with Crippen LogP contribution in [0.4, 0.5) is 0 Å². The fourth-order valence-electron chi connectivity index (χ4n) is 1.95. The number of amides is 1. The number of hydrogen-bond acceptors (Lipinski definition) is 2. The van der Waals surface area contributed by atoms with E-state index in [-0.39, 0.29) is 11.9 Å². The molecule has 2 unspecified atom stereocenters. The maximum absolute atomic E-state index is 12.5. The fourth-order valence-corrected chi connectivity index (χ4v) is 2.08. The Morgan fingerprint density at radius 3 is 2.37 bits per heavy atom. The van der Waals surface area contributed by atoms with Gasteiger partial charge in [-0.1, -0.05) is 30.7 Å². The summed E-state index contributed by atoms with van der Waals surface area (Å²) in [5, 5.41) is 0.699. The zero-order chi connectivity index (χ0) is 14.6. The van der Waals surface area contributed by atoms with E-state index in [0.29, 0.717) is 11.6 Å². The molecule has 1 rings (SSSR count). The van der Waals surface area contributed by atoms with Crippen LogP contribution >= 0.6 is 11.6 Å². The Bertz CT molecular complexity index is 426. The van der Waals surface area contributed by atoms with Crippen molar-refractivity contribution >= 4 is 17.5 Å². The zero-order valence-corrected chi connectivity index (χ0v) is 12.9. The largest absolute Gasteiger partial charge is 0.338 e. The van der Waals surface area contributed by atoms with Crippen molar-refractivity contribution < 1.29 is 4.79 Å². The molecule has 0 saturated heterocycles. The molecule has 1 aromatic carbocycles. The SMILES string of the molecule is CCC(C)(CN)C(=O)N(C)C(C)c1ccc(Cl)cc1. The molecule has 4 heteroatoms. The van der Waals surface area contributed by atoms with E-state index in [1.807, 2.05) is 52.1 Å². The number of rotatable bonds is 5. The first kappa shape index (κ1) is 16.0. The lowest BCUT2D eigenvalue weighted by atomic mass is 9.85. The van der Waals surface area contributed by atoms with Crippen molar-refractivity contribution in [2.24, 2.45) is 11.1 Å². The summed E-state index contributed by atoms with van der Waals surface area (Å²) in [7, 11) is 1.82. The molecule has 0 bridgehead atoms. The molecule has 0 aliphatic rings. The summed E-state index contributed by atoms with van der Waals surface area (Å²) in [5.74, 6) is 0.0833. The van der Waals surface area contributed by atoms with Gasteiger partial charge < -0.3 is 10.6 Å². The zero-order valence-electron chi connectivity index (χ0n) is 12.1. The van der Waals surface area contributed by atoms with E-state index in [9.17, 15) is 4.79 Å². The van der Waals surface area contributed by atoms with E-state index in [0.717, 1.165) is 12.0 Å². The van der Waals surface area contributed by atoms with Crippen molar-refractivity contribution in [1.82, 2.24) is 4.90 Å². The molecule has 106 valence electrons. The minimum Gasteiger partial charge on any atom is -0.338 e. The Balaban J connectivity index is 2.90. The number of nitrogens with zero attached hydrogens (tertiary/aromatic N) is 1. The van der Waals surface area contributed by atoms with Gasteiger partial charge in [-0.3, -0.25) is 4.79 Å². The Hall–Kier alpha value is -1.06. The van der Waals surface area contributed by atoms with Crippen LogP contribution in [0.15, 0.2) is 24.3 Å². The van der Waals surface area contributed by atoms with Gasteiger partial charge in [-0.15, -0.1) is 0 Å². The van der Waals surface area contributed by atoms with Crippen molar-refractivity contribution in [3.63, 3.8) is 0 Å². The second-order valence-electron chi connectivity index (χ2n) is 5.26. The standard InChI is InChI=1S/C15H23ClN2O/c1-5-15(3,10-17)14(19)18(4)11(2)12-6-8-13(16)9-7-12/h6-9,11H,5,10,17H2,1-4H3. The summed E-state index contributed by atoms with van der Waals surface area (Å²) in [4.78, 5) is 14.3. The van der Waals surface area contributed by atoms with Gasteiger partial charge in [0.1, 0.15) is 0 Å². The summed E-state index contributed by atoms with van der Waals surface area (Å²) in [5.41, 5.74) is 6.32. The summed E-state index contributed by atoms with van der Waals surface area (Å²) in [6.45, 7) is 6.28. The van der Waals surface area contributed by atoms with Crippen LogP contribution in [0.3, 0.4) is 0 Å². The van der Waals surface area contributed by atoms with Gasteiger partial charge in [-0.2, -0.15) is 0 Å². The normalized spacial score (nSPS) is 15.7. The van der Waals surface area contributed by atoms with Crippen LogP contribution in [-0.2, 0) is 4.79 Å². The molecule has 0 saturated carbocycles. The molecule has 0 heterocycles. The number of carbonyl (C=O) groups excluding carboxylic acids is 1.